The Bertz CT molecular complexity index is 644. The summed E-state index contributed by atoms with van der Waals surface area (Å²) in [6, 6.07) is 5.44. The van der Waals surface area contributed by atoms with Crippen LogP contribution in [0.2, 0.25) is 0 Å². The van der Waals surface area contributed by atoms with Gasteiger partial charge in [0.25, 0.3) is 0 Å². The quantitative estimate of drug-likeness (QED) is 0.807. The molecule has 4 rings (SSSR count). The van der Waals surface area contributed by atoms with Crippen LogP contribution in [0.15, 0.2) is 27.1 Å². The van der Waals surface area contributed by atoms with Gasteiger partial charge in [0.2, 0.25) is 0 Å². The first kappa shape index (κ1) is 16.7. The second kappa shape index (κ2) is 6.84. The molecule has 0 amide bonds. The molecule has 0 bridgehead atoms. The summed E-state index contributed by atoms with van der Waals surface area (Å²) in [7, 11) is 0. The van der Waals surface area contributed by atoms with Crippen molar-refractivity contribution < 1.29 is 0 Å². The van der Waals surface area contributed by atoms with Crippen molar-refractivity contribution in [3.8, 4) is 0 Å². The fraction of sp³-hybridized carbons (Fsp3) is 0.529. The van der Waals surface area contributed by atoms with E-state index in [0.29, 0.717) is 18.1 Å². The molecule has 0 saturated carbocycles. The first-order valence-electron chi connectivity index (χ1n) is 8.23. The first-order chi connectivity index (χ1) is 11.6. The van der Waals surface area contributed by atoms with Gasteiger partial charge in [-0.2, -0.15) is 0 Å². The van der Waals surface area contributed by atoms with Gasteiger partial charge in [-0.15, -0.1) is 35.3 Å². The van der Waals surface area contributed by atoms with Crippen LogP contribution in [0.1, 0.15) is 37.7 Å². The first-order valence-corrected chi connectivity index (χ1v) is 11.2. The predicted molar refractivity (Wildman–Crippen MR) is 110 cm³/mol. The van der Waals surface area contributed by atoms with Gasteiger partial charge < -0.3 is 0 Å². The van der Waals surface area contributed by atoms with Gasteiger partial charge in [0.15, 0.2) is 0 Å². The van der Waals surface area contributed by atoms with Crippen molar-refractivity contribution in [3.05, 3.63) is 29.1 Å². The van der Waals surface area contributed by atoms with E-state index in [4.69, 9.17) is 20.0 Å². The Morgan fingerprint density at radius 2 is 1.12 bits per heavy atom. The number of hydrogen-bond donors (Lipinski definition) is 0. The van der Waals surface area contributed by atoms with Crippen molar-refractivity contribution in [1.29, 1.82) is 0 Å². The van der Waals surface area contributed by atoms with Gasteiger partial charge in [-0.3, -0.25) is 15.0 Å². The van der Waals surface area contributed by atoms with E-state index in [1.165, 1.54) is 0 Å². The zero-order chi connectivity index (χ0) is 16.7. The summed E-state index contributed by atoms with van der Waals surface area (Å²) in [6.45, 7) is 6.48. The maximum Gasteiger partial charge on any atom is 0.117 e. The molecular weight excluding hydrogens is 356 g/mol. The summed E-state index contributed by atoms with van der Waals surface area (Å²) >= 11 is 5.44. The molecule has 4 heterocycles. The van der Waals surface area contributed by atoms with Gasteiger partial charge in [-0.25, -0.2) is 4.98 Å². The lowest BCUT2D eigenvalue weighted by atomic mass is 10.2. The molecule has 126 valence electrons. The molecule has 4 nitrogen and oxygen atoms in total. The molecular formula is C17H20N4S3. The summed E-state index contributed by atoms with van der Waals surface area (Å²) in [5.74, 6) is 3.13. The third-order valence-electron chi connectivity index (χ3n) is 3.91. The van der Waals surface area contributed by atoms with E-state index in [2.05, 4.69) is 32.9 Å². The van der Waals surface area contributed by atoms with Gasteiger partial charge in [0, 0.05) is 22.8 Å². The Hall–Kier alpha value is -0.790. The summed E-state index contributed by atoms with van der Waals surface area (Å²) in [5.41, 5.74) is 3.11. The minimum absolute atomic E-state index is 0.371. The minimum atomic E-state index is 0.371. The Labute approximate surface area is 155 Å². The van der Waals surface area contributed by atoms with E-state index in [0.717, 1.165) is 49.3 Å². The van der Waals surface area contributed by atoms with Crippen molar-refractivity contribution in [2.24, 2.45) is 15.0 Å². The number of aromatic nitrogens is 1. The molecule has 0 N–H and O–H groups in total. The van der Waals surface area contributed by atoms with Crippen molar-refractivity contribution >= 4 is 50.4 Å². The van der Waals surface area contributed by atoms with Crippen LogP contribution in [0, 0.1) is 0 Å². The number of hydrogen-bond acceptors (Lipinski definition) is 7. The molecule has 3 aliphatic heterocycles. The largest absolute Gasteiger partial charge is 0.274 e. The summed E-state index contributed by atoms with van der Waals surface area (Å²) in [6.07, 6.45) is 0. The molecule has 7 heteroatoms. The van der Waals surface area contributed by atoms with E-state index < -0.39 is 0 Å². The molecule has 0 spiro atoms. The van der Waals surface area contributed by atoms with Gasteiger partial charge in [-0.05, 0) is 32.9 Å². The third kappa shape index (κ3) is 3.44. The highest BCUT2D eigenvalue weighted by molar-refractivity contribution is 8.15. The molecule has 0 fully saturated rings. The maximum absolute atomic E-state index is 4.89. The highest BCUT2D eigenvalue weighted by Gasteiger charge is 2.24. The summed E-state index contributed by atoms with van der Waals surface area (Å²) in [4.78, 5) is 19.2. The number of nitrogens with zero attached hydrogens (tertiary/aromatic N) is 4. The minimum Gasteiger partial charge on any atom is -0.274 e. The molecule has 0 unspecified atom stereocenters. The van der Waals surface area contributed by atoms with Crippen LogP contribution in [0.4, 0.5) is 0 Å². The van der Waals surface area contributed by atoms with Crippen LogP contribution in [-0.2, 0) is 0 Å². The molecule has 1 aromatic rings. The zero-order valence-corrected chi connectivity index (χ0v) is 16.5. The summed E-state index contributed by atoms with van der Waals surface area (Å²) in [5, 5.41) is 3.23. The Kier molecular flexibility index (Phi) is 4.75. The number of rotatable bonds is 3. The van der Waals surface area contributed by atoms with Crippen molar-refractivity contribution in [2.45, 2.75) is 38.9 Å². The van der Waals surface area contributed by atoms with E-state index in [1.807, 2.05) is 11.8 Å². The van der Waals surface area contributed by atoms with E-state index in [9.17, 15) is 0 Å². The second-order valence-electron chi connectivity index (χ2n) is 6.41. The van der Waals surface area contributed by atoms with Crippen LogP contribution in [-0.4, -0.2) is 55.5 Å². The average Bonchev–Trinajstić information content (AvgIpc) is 3.28. The van der Waals surface area contributed by atoms with E-state index in [1.54, 1.807) is 23.5 Å². The van der Waals surface area contributed by atoms with Gasteiger partial charge in [-0.1, -0.05) is 0 Å². The molecule has 1 aromatic heterocycles. The fourth-order valence-electron chi connectivity index (χ4n) is 2.73. The monoisotopic (exact) mass is 376 g/mol. The van der Waals surface area contributed by atoms with Crippen molar-refractivity contribution in [2.75, 3.05) is 17.3 Å². The van der Waals surface area contributed by atoms with E-state index in [-0.39, 0.29) is 0 Å². The molecule has 0 aliphatic carbocycles. The fourth-order valence-corrected chi connectivity index (χ4v) is 5.71. The lowest BCUT2D eigenvalue weighted by Gasteiger charge is -2.08. The van der Waals surface area contributed by atoms with Crippen LogP contribution in [0.25, 0.3) is 0 Å². The number of aliphatic imine (C=N–C) groups is 3. The smallest absolute Gasteiger partial charge is 0.117 e. The highest BCUT2D eigenvalue weighted by atomic mass is 32.2. The maximum atomic E-state index is 4.89. The lowest BCUT2D eigenvalue weighted by Crippen LogP contribution is -2.08. The Morgan fingerprint density at radius 1 is 0.708 bits per heavy atom. The van der Waals surface area contributed by atoms with Crippen molar-refractivity contribution in [1.82, 2.24) is 4.98 Å². The number of pyridine rings is 1. The van der Waals surface area contributed by atoms with Gasteiger partial charge >= 0.3 is 0 Å². The SMILES string of the molecule is C[C@H]1CSC(c2cc(C3=N[C@@H](C)CS3)nc(C3=N[C@@H](C)CS3)c2)=N1. The lowest BCUT2D eigenvalue weighted by molar-refractivity contribution is 0.863. The summed E-state index contributed by atoms with van der Waals surface area (Å²) < 4.78 is 0. The third-order valence-corrected chi connectivity index (χ3v) is 7.64. The van der Waals surface area contributed by atoms with Crippen molar-refractivity contribution in [3.63, 3.8) is 0 Å². The second-order valence-corrected chi connectivity index (χ2v) is 9.44. The normalized spacial score (nSPS) is 29.6. The van der Waals surface area contributed by atoms with Crippen LogP contribution < -0.4 is 0 Å². The van der Waals surface area contributed by atoms with Gasteiger partial charge in [0.05, 0.1) is 34.6 Å². The Morgan fingerprint density at radius 3 is 1.50 bits per heavy atom. The van der Waals surface area contributed by atoms with Crippen LogP contribution in [0.3, 0.4) is 0 Å². The van der Waals surface area contributed by atoms with E-state index >= 15 is 0 Å². The highest BCUT2D eigenvalue weighted by Crippen LogP contribution is 2.29. The van der Waals surface area contributed by atoms with Crippen LogP contribution >= 0.6 is 35.3 Å². The Balaban J connectivity index is 1.78. The average molecular weight is 377 g/mol. The zero-order valence-electron chi connectivity index (χ0n) is 14.0. The van der Waals surface area contributed by atoms with Gasteiger partial charge in [0.1, 0.15) is 10.1 Å². The standard InChI is InChI=1S/C17H20N4S3/c1-9-6-22-15(18-9)12-4-13(16-19-10(2)7-23-16)21-14(5-12)17-20-11(3)8-24-17/h4-5,9-11H,6-8H2,1-3H3/t9-,10-,11-/m0/s1. The molecule has 0 saturated heterocycles. The predicted octanol–water partition coefficient (Wildman–Crippen LogP) is 3.73. The molecule has 0 aromatic carbocycles. The molecule has 0 radical (unpaired) electrons. The molecule has 3 aliphatic rings. The van der Waals surface area contributed by atoms with Crippen LogP contribution in [0.5, 0.6) is 0 Å². The topological polar surface area (TPSA) is 50.0 Å². The number of thioether (sulfide) groups is 3. The molecule has 24 heavy (non-hydrogen) atoms. The molecule has 3 atom stereocenters.